The molecule has 32 heavy (non-hydrogen) atoms. The molecule has 9 nitrogen and oxygen atoms in total. The molecule has 2 aromatic rings. The summed E-state index contributed by atoms with van der Waals surface area (Å²) < 4.78 is 5.74. The molecule has 2 N–H and O–H groups in total. The molecule has 0 aliphatic heterocycles. The molecule has 0 aromatic carbocycles. The van der Waals surface area contributed by atoms with Crippen molar-refractivity contribution >= 4 is 34.1 Å². The Morgan fingerprint density at radius 3 is 2.84 bits per heavy atom. The fourth-order valence-electron chi connectivity index (χ4n) is 3.09. The quantitative estimate of drug-likeness (QED) is 0.393. The standard InChI is InChI=1S/C22H30N6O3S/c1-5-17-25-18(27-22-24-13-16(32-22)15-8-7-9-15)12-19(26-17)31-11-10-23-21(30)14(3)28(4)20(29)6-2/h6,12-15H,2,5,7-11H2,1,3-4H3,(H,23,30)(H,24,25,26,27)/t14-/m0/s1. The lowest BCUT2D eigenvalue weighted by Crippen LogP contribution is -2.46. The third-order valence-electron chi connectivity index (χ3n) is 5.47. The SMILES string of the molecule is C=CC(=O)N(C)[C@@H](C)C(=O)NCCOc1cc(Nc2ncc(C3CCC3)s2)nc(CC)n1. The Kier molecular flexibility index (Phi) is 8.15. The normalized spacial score (nSPS) is 14.2. The van der Waals surface area contributed by atoms with Crippen molar-refractivity contribution in [3.05, 3.63) is 35.6 Å². The topological polar surface area (TPSA) is 109 Å². The monoisotopic (exact) mass is 458 g/mol. The number of hydrogen-bond donors (Lipinski definition) is 2. The van der Waals surface area contributed by atoms with Gasteiger partial charge in [0, 0.05) is 30.6 Å². The molecule has 1 aliphatic carbocycles. The van der Waals surface area contributed by atoms with Crippen molar-refractivity contribution in [3.63, 3.8) is 0 Å². The van der Waals surface area contributed by atoms with Gasteiger partial charge in [-0.1, -0.05) is 19.9 Å². The summed E-state index contributed by atoms with van der Waals surface area (Å²) in [6, 6.07) is 1.12. The fraction of sp³-hybridized carbons (Fsp3) is 0.500. The van der Waals surface area contributed by atoms with Gasteiger partial charge in [-0.15, -0.1) is 11.3 Å². The van der Waals surface area contributed by atoms with Crippen molar-refractivity contribution in [1.82, 2.24) is 25.2 Å². The molecule has 1 aliphatic rings. The molecule has 3 rings (SSSR count). The first-order valence-corrected chi connectivity index (χ1v) is 11.6. The van der Waals surface area contributed by atoms with E-state index in [-0.39, 0.29) is 25.0 Å². The number of hydrogen-bond acceptors (Lipinski definition) is 8. The summed E-state index contributed by atoms with van der Waals surface area (Å²) >= 11 is 1.66. The van der Waals surface area contributed by atoms with Crippen molar-refractivity contribution in [2.45, 2.75) is 51.5 Å². The first kappa shape index (κ1) is 23.6. The van der Waals surface area contributed by atoms with Gasteiger partial charge in [-0.3, -0.25) is 9.59 Å². The molecule has 1 atom stereocenters. The molecule has 0 unspecified atom stereocenters. The van der Waals surface area contributed by atoms with Crippen LogP contribution in [0.15, 0.2) is 24.9 Å². The second kappa shape index (κ2) is 11.0. The number of nitrogens with zero attached hydrogens (tertiary/aromatic N) is 4. The minimum Gasteiger partial charge on any atom is -0.476 e. The van der Waals surface area contributed by atoms with Crippen LogP contribution in [-0.2, 0) is 16.0 Å². The van der Waals surface area contributed by atoms with E-state index in [1.54, 1.807) is 31.4 Å². The number of ether oxygens (including phenoxy) is 1. The lowest BCUT2D eigenvalue weighted by atomic mass is 9.85. The molecule has 172 valence electrons. The third kappa shape index (κ3) is 6.03. The molecule has 2 heterocycles. The number of rotatable bonds is 11. The van der Waals surface area contributed by atoms with Gasteiger partial charge in [-0.25, -0.2) is 9.97 Å². The van der Waals surface area contributed by atoms with Gasteiger partial charge < -0.3 is 20.3 Å². The van der Waals surface area contributed by atoms with Crippen LogP contribution in [0, 0.1) is 0 Å². The first-order valence-electron chi connectivity index (χ1n) is 10.8. The molecule has 0 saturated heterocycles. The summed E-state index contributed by atoms with van der Waals surface area (Å²) in [7, 11) is 1.56. The van der Waals surface area contributed by atoms with E-state index < -0.39 is 6.04 Å². The Balaban J connectivity index is 1.52. The Labute approximate surface area is 192 Å². The molecule has 0 bridgehead atoms. The van der Waals surface area contributed by atoms with Crippen LogP contribution in [0.1, 0.15) is 49.7 Å². The molecule has 0 radical (unpaired) electrons. The summed E-state index contributed by atoms with van der Waals surface area (Å²) in [6.45, 7) is 7.58. The Morgan fingerprint density at radius 2 is 2.19 bits per heavy atom. The van der Waals surface area contributed by atoms with Crippen molar-refractivity contribution in [2.24, 2.45) is 0 Å². The van der Waals surface area contributed by atoms with Gasteiger partial charge in [-0.2, -0.15) is 4.98 Å². The first-order chi connectivity index (χ1) is 15.4. The largest absolute Gasteiger partial charge is 0.476 e. The van der Waals surface area contributed by atoms with E-state index in [0.29, 0.717) is 29.9 Å². The molecule has 0 spiro atoms. The van der Waals surface area contributed by atoms with Crippen LogP contribution in [0.4, 0.5) is 10.9 Å². The van der Waals surface area contributed by atoms with Gasteiger partial charge in [0.1, 0.15) is 24.3 Å². The van der Waals surface area contributed by atoms with E-state index in [9.17, 15) is 9.59 Å². The van der Waals surface area contributed by atoms with Crippen LogP contribution in [0.5, 0.6) is 5.88 Å². The molecular weight excluding hydrogens is 428 g/mol. The van der Waals surface area contributed by atoms with Crippen molar-refractivity contribution < 1.29 is 14.3 Å². The summed E-state index contributed by atoms with van der Waals surface area (Å²) in [4.78, 5) is 39.9. The number of aromatic nitrogens is 3. The van der Waals surface area contributed by atoms with Crippen LogP contribution < -0.4 is 15.4 Å². The molecule has 1 fully saturated rings. The minimum absolute atomic E-state index is 0.236. The predicted molar refractivity (Wildman–Crippen MR) is 124 cm³/mol. The number of carbonyl (C=O) groups is 2. The third-order valence-corrected chi connectivity index (χ3v) is 6.54. The van der Waals surface area contributed by atoms with Gasteiger partial charge in [0.05, 0.1) is 6.54 Å². The number of likely N-dealkylation sites (N-methyl/N-ethyl adjacent to an activating group) is 1. The van der Waals surface area contributed by atoms with E-state index in [1.165, 1.54) is 35.1 Å². The zero-order chi connectivity index (χ0) is 23.1. The average Bonchev–Trinajstić information content (AvgIpc) is 3.20. The maximum absolute atomic E-state index is 12.2. The molecule has 2 amide bonds. The van der Waals surface area contributed by atoms with Crippen molar-refractivity contribution in [3.8, 4) is 5.88 Å². The number of aryl methyl sites for hydroxylation is 1. The van der Waals surface area contributed by atoms with Gasteiger partial charge in [0.25, 0.3) is 0 Å². The van der Waals surface area contributed by atoms with E-state index in [1.807, 2.05) is 13.1 Å². The van der Waals surface area contributed by atoms with Gasteiger partial charge >= 0.3 is 0 Å². The smallest absolute Gasteiger partial charge is 0.246 e. The Bertz CT molecular complexity index is 959. The second-order valence-electron chi connectivity index (χ2n) is 7.65. The van der Waals surface area contributed by atoms with Crippen molar-refractivity contribution in [1.29, 1.82) is 0 Å². The highest BCUT2D eigenvalue weighted by Crippen LogP contribution is 2.40. The fourth-order valence-corrected chi connectivity index (χ4v) is 4.08. The average molecular weight is 459 g/mol. The lowest BCUT2D eigenvalue weighted by molar-refractivity contribution is -0.135. The number of anilines is 2. The number of nitrogens with one attached hydrogen (secondary N) is 2. The minimum atomic E-state index is -0.606. The van der Waals surface area contributed by atoms with Crippen molar-refractivity contribution in [2.75, 3.05) is 25.5 Å². The van der Waals surface area contributed by atoms with E-state index in [4.69, 9.17) is 4.74 Å². The van der Waals surface area contributed by atoms with Gasteiger partial charge in [0.2, 0.25) is 17.7 Å². The van der Waals surface area contributed by atoms with Crippen LogP contribution in [0.3, 0.4) is 0 Å². The maximum Gasteiger partial charge on any atom is 0.246 e. The highest BCUT2D eigenvalue weighted by molar-refractivity contribution is 7.15. The Hall–Kier alpha value is -3.01. The summed E-state index contributed by atoms with van der Waals surface area (Å²) in [5.74, 6) is 1.78. The molecular formula is C22H30N6O3S. The predicted octanol–water partition coefficient (Wildman–Crippen LogP) is 3.03. The number of carbonyl (C=O) groups excluding carboxylic acids is 2. The number of amides is 2. The second-order valence-corrected chi connectivity index (χ2v) is 8.71. The maximum atomic E-state index is 12.2. The van der Waals surface area contributed by atoms with Crippen LogP contribution >= 0.6 is 11.3 Å². The highest BCUT2D eigenvalue weighted by atomic mass is 32.1. The molecule has 1 saturated carbocycles. The molecule has 10 heteroatoms. The zero-order valence-electron chi connectivity index (χ0n) is 18.8. The summed E-state index contributed by atoms with van der Waals surface area (Å²) in [6.07, 6.45) is 7.56. The van der Waals surface area contributed by atoms with Crippen LogP contribution in [0.2, 0.25) is 0 Å². The van der Waals surface area contributed by atoms with Gasteiger partial charge in [-0.05, 0) is 31.8 Å². The zero-order valence-corrected chi connectivity index (χ0v) is 19.6. The lowest BCUT2D eigenvalue weighted by Gasteiger charge is -2.23. The number of thiazole rings is 1. The summed E-state index contributed by atoms with van der Waals surface area (Å²) in [5.41, 5.74) is 0. The van der Waals surface area contributed by atoms with E-state index in [0.717, 1.165) is 5.13 Å². The molecule has 2 aromatic heterocycles. The Morgan fingerprint density at radius 1 is 1.41 bits per heavy atom. The van der Waals surface area contributed by atoms with Gasteiger partial charge in [0.15, 0.2) is 5.13 Å². The highest BCUT2D eigenvalue weighted by Gasteiger charge is 2.22. The summed E-state index contributed by atoms with van der Waals surface area (Å²) in [5, 5.41) is 6.82. The van der Waals surface area contributed by atoms with E-state index >= 15 is 0 Å². The van der Waals surface area contributed by atoms with E-state index in [2.05, 4.69) is 32.2 Å². The van der Waals surface area contributed by atoms with Crippen LogP contribution in [0.25, 0.3) is 0 Å². The van der Waals surface area contributed by atoms with Crippen LogP contribution in [-0.4, -0.2) is 57.9 Å².